The van der Waals surface area contributed by atoms with Gasteiger partial charge in [0.2, 0.25) is 0 Å². The number of hydrogen-bond donors (Lipinski definition) is 0. The lowest BCUT2D eigenvalue weighted by molar-refractivity contribution is -0.163. The average molecular weight is 733 g/mol. The monoisotopic (exact) mass is 733 g/mol. The van der Waals surface area contributed by atoms with Gasteiger partial charge in [-0.2, -0.15) is 0 Å². The zero-order valence-corrected chi connectivity index (χ0v) is 35.1. The number of rotatable bonds is 42. The first kappa shape index (κ1) is 50.4. The van der Waals surface area contributed by atoms with Crippen molar-refractivity contribution >= 4 is 11.9 Å². The molecule has 0 aliphatic carbocycles. The predicted octanol–water partition coefficient (Wildman–Crippen LogP) is 14.9. The summed E-state index contributed by atoms with van der Waals surface area (Å²) in [6.07, 6.45) is 48.8. The van der Waals surface area contributed by atoms with E-state index in [1.54, 1.807) is 0 Å². The number of carbonyl (C=O) groups excluding carboxylic acids is 2. The normalized spacial score (nSPS) is 12.3. The molecule has 0 heterocycles. The first-order valence-corrected chi connectivity index (χ1v) is 22.9. The maximum Gasteiger partial charge on any atom is 0.306 e. The summed E-state index contributed by atoms with van der Waals surface area (Å²) < 4.78 is 17.3. The Morgan fingerprint density at radius 2 is 0.769 bits per heavy atom. The number of hydrogen-bond acceptors (Lipinski definition) is 5. The van der Waals surface area contributed by atoms with Gasteiger partial charge < -0.3 is 14.2 Å². The van der Waals surface area contributed by atoms with Crippen LogP contribution in [-0.2, 0) is 23.8 Å². The Morgan fingerprint density at radius 1 is 0.404 bits per heavy atom. The Kier molecular flexibility index (Phi) is 42.4. The zero-order valence-electron chi connectivity index (χ0n) is 35.1. The lowest BCUT2D eigenvalue weighted by atomic mass is 10.1. The molecule has 1 atom stereocenters. The summed E-state index contributed by atoms with van der Waals surface area (Å²) in [5.41, 5.74) is 0. The number of unbranched alkanes of at least 4 members (excludes halogenated alkanes) is 27. The highest BCUT2D eigenvalue weighted by Crippen LogP contribution is 2.14. The fourth-order valence-electron chi connectivity index (χ4n) is 6.48. The van der Waals surface area contributed by atoms with E-state index < -0.39 is 6.10 Å². The van der Waals surface area contributed by atoms with Crippen LogP contribution >= 0.6 is 0 Å². The molecule has 0 aromatic carbocycles. The molecule has 0 aliphatic heterocycles. The third kappa shape index (κ3) is 41.1. The fourth-order valence-corrected chi connectivity index (χ4v) is 6.48. The Morgan fingerprint density at radius 3 is 1.25 bits per heavy atom. The Labute approximate surface area is 324 Å². The maximum atomic E-state index is 12.7. The highest BCUT2D eigenvalue weighted by atomic mass is 16.6. The van der Waals surface area contributed by atoms with Crippen LogP contribution in [0.5, 0.6) is 0 Å². The minimum atomic E-state index is -0.533. The van der Waals surface area contributed by atoms with Gasteiger partial charge in [-0.1, -0.05) is 186 Å². The van der Waals surface area contributed by atoms with Crippen molar-refractivity contribution < 1.29 is 23.8 Å². The summed E-state index contributed by atoms with van der Waals surface area (Å²) in [6.45, 7) is 7.78. The van der Waals surface area contributed by atoms with Gasteiger partial charge in [-0.05, 0) is 64.2 Å². The van der Waals surface area contributed by atoms with E-state index in [1.807, 2.05) is 0 Å². The standard InChI is InChI=1S/C47H88O5/c1-4-7-10-13-16-19-22-24-26-28-31-34-37-40-46(48)51-44-45(43-50-42-39-36-33-30-27-23-20-17-14-11-8-5-2)52-47(49)41-38-35-32-29-25-21-18-15-12-9-6-3/h14,17,19,22,45H,4-13,15-16,18,20-21,23-44H2,1-3H3/b17-14-,22-19-. The first-order chi connectivity index (χ1) is 25.6. The molecule has 0 saturated heterocycles. The first-order valence-electron chi connectivity index (χ1n) is 22.9. The van der Waals surface area contributed by atoms with Crippen LogP contribution in [0.25, 0.3) is 0 Å². The largest absolute Gasteiger partial charge is 0.462 e. The van der Waals surface area contributed by atoms with Crippen LogP contribution < -0.4 is 0 Å². The van der Waals surface area contributed by atoms with Gasteiger partial charge >= 0.3 is 11.9 Å². The molecule has 0 fully saturated rings. The molecule has 5 heteroatoms. The van der Waals surface area contributed by atoms with Crippen molar-refractivity contribution in [2.45, 2.75) is 245 Å². The summed E-state index contributed by atoms with van der Waals surface area (Å²) >= 11 is 0. The molecule has 0 saturated carbocycles. The van der Waals surface area contributed by atoms with Gasteiger partial charge in [-0.3, -0.25) is 9.59 Å². The number of esters is 2. The predicted molar refractivity (Wildman–Crippen MR) is 224 cm³/mol. The number of carbonyl (C=O) groups is 2. The van der Waals surface area contributed by atoms with Gasteiger partial charge in [-0.15, -0.1) is 0 Å². The molecule has 52 heavy (non-hydrogen) atoms. The van der Waals surface area contributed by atoms with E-state index in [-0.39, 0.29) is 25.2 Å². The van der Waals surface area contributed by atoms with Crippen molar-refractivity contribution in [3.8, 4) is 0 Å². The SMILES string of the molecule is CCCC/C=C\CCCCCCCCOCC(COC(=O)CCCCCCC/C=C\CCCCCC)OC(=O)CCCCCCCCCCCCC. The second-order valence-corrected chi connectivity index (χ2v) is 15.3. The maximum absolute atomic E-state index is 12.7. The van der Waals surface area contributed by atoms with Crippen molar-refractivity contribution in [2.24, 2.45) is 0 Å². The molecular formula is C47H88O5. The number of ether oxygens (including phenoxy) is 3. The quantitative estimate of drug-likeness (QED) is 0.0355. The Balaban J connectivity index is 4.24. The second-order valence-electron chi connectivity index (χ2n) is 15.3. The smallest absolute Gasteiger partial charge is 0.306 e. The summed E-state index contributed by atoms with van der Waals surface area (Å²) in [7, 11) is 0. The van der Waals surface area contributed by atoms with Crippen molar-refractivity contribution in [2.75, 3.05) is 19.8 Å². The molecule has 0 aromatic rings. The van der Waals surface area contributed by atoms with E-state index in [4.69, 9.17) is 14.2 Å². The van der Waals surface area contributed by atoms with Crippen molar-refractivity contribution in [3.63, 3.8) is 0 Å². The fraction of sp³-hybridized carbons (Fsp3) is 0.872. The highest BCUT2D eigenvalue weighted by Gasteiger charge is 2.17. The van der Waals surface area contributed by atoms with Crippen LogP contribution in [0.1, 0.15) is 239 Å². The summed E-state index contributed by atoms with van der Waals surface area (Å²) in [5.74, 6) is -0.402. The minimum Gasteiger partial charge on any atom is -0.462 e. The molecule has 306 valence electrons. The molecule has 0 aliphatic rings. The lowest BCUT2D eigenvalue weighted by Crippen LogP contribution is -2.30. The van der Waals surface area contributed by atoms with Crippen LogP contribution in [0.15, 0.2) is 24.3 Å². The molecule has 0 N–H and O–H groups in total. The van der Waals surface area contributed by atoms with Crippen LogP contribution in [0, 0.1) is 0 Å². The van der Waals surface area contributed by atoms with E-state index in [0.717, 1.165) is 51.4 Å². The van der Waals surface area contributed by atoms with Gasteiger partial charge in [0.05, 0.1) is 6.61 Å². The molecule has 0 bridgehead atoms. The van der Waals surface area contributed by atoms with Crippen LogP contribution in [0.4, 0.5) is 0 Å². The van der Waals surface area contributed by atoms with Gasteiger partial charge in [-0.25, -0.2) is 0 Å². The summed E-state index contributed by atoms with van der Waals surface area (Å²) in [5, 5.41) is 0. The topological polar surface area (TPSA) is 61.8 Å². The molecule has 0 radical (unpaired) electrons. The molecule has 1 unspecified atom stereocenters. The average Bonchev–Trinajstić information content (AvgIpc) is 3.14. The van der Waals surface area contributed by atoms with Crippen LogP contribution in [0.3, 0.4) is 0 Å². The molecular weight excluding hydrogens is 645 g/mol. The van der Waals surface area contributed by atoms with E-state index in [0.29, 0.717) is 19.4 Å². The second kappa shape index (κ2) is 43.8. The van der Waals surface area contributed by atoms with E-state index in [9.17, 15) is 9.59 Å². The van der Waals surface area contributed by atoms with E-state index in [2.05, 4.69) is 45.1 Å². The summed E-state index contributed by atoms with van der Waals surface area (Å²) in [4.78, 5) is 25.2. The van der Waals surface area contributed by atoms with Gasteiger partial charge in [0.1, 0.15) is 6.61 Å². The third-order valence-corrected chi connectivity index (χ3v) is 9.96. The van der Waals surface area contributed by atoms with Crippen molar-refractivity contribution in [3.05, 3.63) is 24.3 Å². The van der Waals surface area contributed by atoms with E-state index in [1.165, 1.54) is 154 Å². The molecule has 0 aromatic heterocycles. The minimum absolute atomic E-state index is 0.0838. The molecule has 0 rings (SSSR count). The van der Waals surface area contributed by atoms with Gasteiger partial charge in [0, 0.05) is 19.4 Å². The summed E-state index contributed by atoms with van der Waals surface area (Å²) in [6, 6.07) is 0. The van der Waals surface area contributed by atoms with Crippen LogP contribution in [-0.4, -0.2) is 37.9 Å². The van der Waals surface area contributed by atoms with Gasteiger partial charge in [0.25, 0.3) is 0 Å². The van der Waals surface area contributed by atoms with E-state index >= 15 is 0 Å². The molecule has 0 spiro atoms. The highest BCUT2D eigenvalue weighted by molar-refractivity contribution is 5.70. The molecule has 0 amide bonds. The third-order valence-electron chi connectivity index (χ3n) is 9.96. The molecule has 5 nitrogen and oxygen atoms in total. The number of allylic oxidation sites excluding steroid dienone is 4. The Hall–Kier alpha value is -1.62. The lowest BCUT2D eigenvalue weighted by Gasteiger charge is -2.18. The zero-order chi connectivity index (χ0) is 37.8. The van der Waals surface area contributed by atoms with Crippen molar-refractivity contribution in [1.29, 1.82) is 0 Å². The van der Waals surface area contributed by atoms with Crippen LogP contribution in [0.2, 0.25) is 0 Å². The van der Waals surface area contributed by atoms with Crippen molar-refractivity contribution in [1.82, 2.24) is 0 Å². The Bertz CT molecular complexity index is 791. The van der Waals surface area contributed by atoms with Gasteiger partial charge in [0.15, 0.2) is 6.10 Å².